The molecule has 1 aromatic carbocycles. The molecule has 0 spiro atoms. The number of aliphatic hydroxyl groups is 2. The molecule has 112 valence electrons. The van der Waals surface area contributed by atoms with E-state index in [2.05, 4.69) is 4.90 Å². The maximum absolute atomic E-state index is 9.97. The van der Waals surface area contributed by atoms with Gasteiger partial charge >= 0.3 is 0 Å². The molecule has 1 unspecified atom stereocenters. The van der Waals surface area contributed by atoms with Gasteiger partial charge in [0, 0.05) is 13.1 Å². The molecule has 0 aromatic heterocycles. The first-order chi connectivity index (χ1) is 9.54. The van der Waals surface area contributed by atoms with E-state index in [9.17, 15) is 10.2 Å². The zero-order valence-electron chi connectivity index (χ0n) is 11.9. The number of nitrogens with zero attached hydrogens (tertiary/aromatic N) is 1. The third-order valence-corrected chi connectivity index (χ3v) is 3.65. The highest BCUT2D eigenvalue weighted by Crippen LogP contribution is 2.27. The molecule has 0 aliphatic heterocycles. The van der Waals surface area contributed by atoms with Gasteiger partial charge in [-0.05, 0) is 37.9 Å². The van der Waals surface area contributed by atoms with E-state index in [0.717, 1.165) is 19.4 Å². The van der Waals surface area contributed by atoms with Crippen LogP contribution in [0.2, 0.25) is 0 Å². The Balaban J connectivity index is 1.67. The molecule has 5 nitrogen and oxygen atoms in total. The Morgan fingerprint density at radius 2 is 2.10 bits per heavy atom. The topological polar surface area (TPSA) is 79.0 Å². The molecular formula is C15H24N2O3. The van der Waals surface area contributed by atoms with Crippen molar-refractivity contribution in [2.45, 2.75) is 25.0 Å². The van der Waals surface area contributed by atoms with Crippen LogP contribution in [0.1, 0.15) is 12.8 Å². The zero-order valence-corrected chi connectivity index (χ0v) is 11.9. The first-order valence-corrected chi connectivity index (χ1v) is 7.06. The third-order valence-electron chi connectivity index (χ3n) is 3.65. The number of para-hydroxylation sites is 2. The van der Waals surface area contributed by atoms with Gasteiger partial charge in [0.05, 0.1) is 11.8 Å². The van der Waals surface area contributed by atoms with Crippen LogP contribution in [-0.4, -0.2) is 54.1 Å². The van der Waals surface area contributed by atoms with Crippen molar-refractivity contribution in [2.75, 3.05) is 32.5 Å². The van der Waals surface area contributed by atoms with Crippen LogP contribution in [0.3, 0.4) is 0 Å². The fourth-order valence-corrected chi connectivity index (χ4v) is 2.58. The van der Waals surface area contributed by atoms with Crippen molar-refractivity contribution in [1.82, 2.24) is 4.90 Å². The molecule has 1 aromatic rings. The summed E-state index contributed by atoms with van der Waals surface area (Å²) in [5, 5.41) is 19.2. The summed E-state index contributed by atoms with van der Waals surface area (Å²) >= 11 is 0. The van der Waals surface area contributed by atoms with Gasteiger partial charge in [-0.15, -0.1) is 0 Å². The Bertz CT molecular complexity index is 421. The largest absolute Gasteiger partial charge is 0.489 e. The first-order valence-electron chi connectivity index (χ1n) is 7.06. The van der Waals surface area contributed by atoms with E-state index in [1.165, 1.54) is 0 Å². The van der Waals surface area contributed by atoms with E-state index < -0.39 is 6.10 Å². The number of benzene rings is 1. The molecule has 20 heavy (non-hydrogen) atoms. The Hall–Kier alpha value is -1.30. The monoisotopic (exact) mass is 280 g/mol. The number of aliphatic hydroxyl groups excluding tert-OH is 2. The Morgan fingerprint density at radius 3 is 2.75 bits per heavy atom. The van der Waals surface area contributed by atoms with Crippen LogP contribution in [0.4, 0.5) is 5.69 Å². The normalized spacial score (nSPS) is 23.4. The van der Waals surface area contributed by atoms with Crippen molar-refractivity contribution in [3.63, 3.8) is 0 Å². The number of nitrogen functional groups attached to an aromatic ring is 1. The second-order valence-corrected chi connectivity index (χ2v) is 5.72. The quantitative estimate of drug-likeness (QED) is 0.641. The van der Waals surface area contributed by atoms with Gasteiger partial charge in [0.1, 0.15) is 18.5 Å². The summed E-state index contributed by atoms with van der Waals surface area (Å²) < 4.78 is 5.52. The van der Waals surface area contributed by atoms with Gasteiger partial charge in [0.25, 0.3) is 0 Å². The van der Waals surface area contributed by atoms with E-state index >= 15 is 0 Å². The molecule has 1 saturated carbocycles. The lowest BCUT2D eigenvalue weighted by molar-refractivity contribution is 0.0163. The molecule has 4 N–H and O–H groups in total. The lowest BCUT2D eigenvalue weighted by Crippen LogP contribution is -2.40. The van der Waals surface area contributed by atoms with Crippen LogP contribution < -0.4 is 10.5 Å². The molecule has 0 heterocycles. The second-order valence-electron chi connectivity index (χ2n) is 5.72. The standard InChI is InChI=1S/C15H24N2O3/c1-17(8-11-6-12(18)7-11)9-13(19)10-20-15-5-3-2-4-14(15)16/h2-5,11-13,18-19H,6-10,16H2,1H3. The van der Waals surface area contributed by atoms with Crippen LogP contribution in [0.25, 0.3) is 0 Å². The Morgan fingerprint density at radius 1 is 1.40 bits per heavy atom. The molecule has 2 rings (SSSR count). The predicted octanol–water partition coefficient (Wildman–Crippen LogP) is 0.711. The molecule has 5 heteroatoms. The van der Waals surface area contributed by atoms with Gasteiger partial charge < -0.3 is 25.6 Å². The van der Waals surface area contributed by atoms with Gasteiger partial charge in [-0.3, -0.25) is 0 Å². The summed E-state index contributed by atoms with van der Waals surface area (Å²) in [5.74, 6) is 1.16. The number of nitrogens with two attached hydrogens (primary N) is 1. The minimum atomic E-state index is -0.551. The molecule has 0 radical (unpaired) electrons. The van der Waals surface area contributed by atoms with Crippen molar-refractivity contribution in [3.8, 4) is 5.75 Å². The Labute approximate surface area is 120 Å². The fourth-order valence-electron chi connectivity index (χ4n) is 2.58. The van der Waals surface area contributed by atoms with Gasteiger partial charge in [-0.1, -0.05) is 12.1 Å². The van der Waals surface area contributed by atoms with Crippen LogP contribution in [0, 0.1) is 5.92 Å². The van der Waals surface area contributed by atoms with Gasteiger partial charge in [0.15, 0.2) is 0 Å². The number of ether oxygens (including phenoxy) is 1. The summed E-state index contributed by atoms with van der Waals surface area (Å²) in [6, 6.07) is 7.27. The maximum atomic E-state index is 9.97. The molecule has 1 aliphatic carbocycles. The van der Waals surface area contributed by atoms with Crippen molar-refractivity contribution in [2.24, 2.45) is 5.92 Å². The maximum Gasteiger partial charge on any atom is 0.142 e. The van der Waals surface area contributed by atoms with Crippen LogP contribution in [-0.2, 0) is 0 Å². The third kappa shape index (κ3) is 4.37. The number of anilines is 1. The van der Waals surface area contributed by atoms with Crippen LogP contribution in [0.15, 0.2) is 24.3 Å². The number of rotatable bonds is 7. The zero-order chi connectivity index (χ0) is 14.5. The van der Waals surface area contributed by atoms with Gasteiger partial charge in [-0.25, -0.2) is 0 Å². The van der Waals surface area contributed by atoms with E-state index in [4.69, 9.17) is 10.5 Å². The highest BCUT2D eigenvalue weighted by Gasteiger charge is 2.28. The lowest BCUT2D eigenvalue weighted by atomic mass is 9.82. The van der Waals surface area contributed by atoms with Crippen molar-refractivity contribution in [1.29, 1.82) is 0 Å². The average Bonchev–Trinajstić information content (AvgIpc) is 2.36. The van der Waals surface area contributed by atoms with E-state index in [1.807, 2.05) is 19.2 Å². The van der Waals surface area contributed by atoms with Crippen molar-refractivity contribution >= 4 is 5.69 Å². The van der Waals surface area contributed by atoms with E-state index in [1.54, 1.807) is 12.1 Å². The summed E-state index contributed by atoms with van der Waals surface area (Å²) in [6.45, 7) is 1.69. The van der Waals surface area contributed by atoms with Crippen molar-refractivity contribution in [3.05, 3.63) is 24.3 Å². The summed E-state index contributed by atoms with van der Waals surface area (Å²) in [7, 11) is 1.98. The minimum absolute atomic E-state index is 0.122. The summed E-state index contributed by atoms with van der Waals surface area (Å²) in [6.07, 6.45) is 1.07. The minimum Gasteiger partial charge on any atom is -0.489 e. The molecular weight excluding hydrogens is 256 g/mol. The number of likely N-dealkylation sites (N-methyl/N-ethyl adjacent to an activating group) is 1. The highest BCUT2D eigenvalue weighted by atomic mass is 16.5. The lowest BCUT2D eigenvalue weighted by Gasteiger charge is -2.35. The SMILES string of the molecule is CN(CC(O)COc1ccccc1N)CC1CC(O)C1. The van der Waals surface area contributed by atoms with Gasteiger partial charge in [0.2, 0.25) is 0 Å². The highest BCUT2D eigenvalue weighted by molar-refractivity contribution is 5.51. The Kier molecular flexibility index (Phi) is 5.23. The molecule has 0 amide bonds. The molecule has 0 saturated heterocycles. The van der Waals surface area contributed by atoms with Crippen LogP contribution >= 0.6 is 0 Å². The molecule has 1 fully saturated rings. The number of hydrogen-bond acceptors (Lipinski definition) is 5. The molecule has 0 bridgehead atoms. The fraction of sp³-hybridized carbons (Fsp3) is 0.600. The first kappa shape index (κ1) is 15.1. The summed E-state index contributed by atoms with van der Waals surface area (Å²) in [5.41, 5.74) is 6.35. The smallest absolute Gasteiger partial charge is 0.142 e. The van der Waals surface area contributed by atoms with Crippen molar-refractivity contribution < 1.29 is 14.9 Å². The second kappa shape index (κ2) is 6.92. The molecule has 1 atom stereocenters. The van der Waals surface area contributed by atoms with E-state index in [0.29, 0.717) is 23.9 Å². The summed E-state index contributed by atoms with van der Waals surface area (Å²) in [4.78, 5) is 2.08. The average molecular weight is 280 g/mol. The van der Waals surface area contributed by atoms with Crippen LogP contribution in [0.5, 0.6) is 5.75 Å². The molecule has 1 aliphatic rings. The predicted molar refractivity (Wildman–Crippen MR) is 78.6 cm³/mol. The van der Waals surface area contributed by atoms with Gasteiger partial charge in [-0.2, -0.15) is 0 Å². The van der Waals surface area contributed by atoms with E-state index in [-0.39, 0.29) is 12.7 Å². The number of hydrogen-bond donors (Lipinski definition) is 3.